The third-order valence-corrected chi connectivity index (χ3v) is 4.04. The van der Waals surface area contributed by atoms with E-state index in [0.717, 1.165) is 43.1 Å². The Morgan fingerprint density at radius 3 is 2.95 bits per heavy atom. The zero-order valence-electron chi connectivity index (χ0n) is 12.8. The maximum Gasteiger partial charge on any atom is 0.145 e. The highest BCUT2D eigenvalue weighted by Crippen LogP contribution is 2.34. The van der Waals surface area contributed by atoms with Gasteiger partial charge in [0, 0.05) is 37.7 Å². The molecule has 2 rings (SSSR count). The Hall–Kier alpha value is -1.65. The highest BCUT2D eigenvalue weighted by molar-refractivity contribution is 5.70. The number of para-hydroxylation sites is 1. The van der Waals surface area contributed by atoms with E-state index in [1.807, 2.05) is 18.2 Å². The molecule has 1 aromatic carbocycles. The molecule has 1 aromatic rings. The molecule has 2 atom stereocenters. The molecule has 1 saturated heterocycles. The Labute approximate surface area is 127 Å². The SMILES string of the molecule is C=Cc1cccc(OC2CCN(CCN)CC2C)c1N=C. The number of piperidine rings is 1. The van der Waals surface area contributed by atoms with Crippen molar-refractivity contribution in [1.29, 1.82) is 0 Å². The van der Waals surface area contributed by atoms with E-state index in [-0.39, 0.29) is 6.10 Å². The minimum absolute atomic E-state index is 0.208. The Bertz CT molecular complexity index is 501. The highest BCUT2D eigenvalue weighted by atomic mass is 16.5. The van der Waals surface area contributed by atoms with Crippen molar-refractivity contribution >= 4 is 18.5 Å². The topological polar surface area (TPSA) is 50.9 Å². The van der Waals surface area contributed by atoms with Crippen LogP contribution >= 0.6 is 0 Å². The lowest BCUT2D eigenvalue weighted by atomic mass is 9.96. The second-order valence-electron chi connectivity index (χ2n) is 5.57. The van der Waals surface area contributed by atoms with E-state index in [1.54, 1.807) is 6.08 Å². The van der Waals surface area contributed by atoms with Gasteiger partial charge < -0.3 is 15.4 Å². The molecule has 0 aliphatic carbocycles. The van der Waals surface area contributed by atoms with Crippen LogP contribution in [0.5, 0.6) is 5.75 Å². The van der Waals surface area contributed by atoms with E-state index in [4.69, 9.17) is 10.5 Å². The van der Waals surface area contributed by atoms with Crippen molar-refractivity contribution < 1.29 is 4.74 Å². The number of likely N-dealkylation sites (tertiary alicyclic amines) is 1. The van der Waals surface area contributed by atoms with Gasteiger partial charge in [0.05, 0.1) is 0 Å². The first-order valence-corrected chi connectivity index (χ1v) is 7.50. The van der Waals surface area contributed by atoms with Crippen molar-refractivity contribution in [3.8, 4) is 5.75 Å². The van der Waals surface area contributed by atoms with Crippen molar-refractivity contribution in [2.45, 2.75) is 19.4 Å². The van der Waals surface area contributed by atoms with E-state index in [0.29, 0.717) is 12.5 Å². The molecule has 2 unspecified atom stereocenters. The molecule has 0 aromatic heterocycles. The predicted octanol–water partition coefficient (Wildman–Crippen LogP) is 2.71. The lowest BCUT2D eigenvalue weighted by molar-refractivity contribution is 0.0543. The summed E-state index contributed by atoms with van der Waals surface area (Å²) in [4.78, 5) is 6.50. The Morgan fingerprint density at radius 1 is 1.52 bits per heavy atom. The van der Waals surface area contributed by atoms with Crippen LogP contribution in [0.25, 0.3) is 6.08 Å². The van der Waals surface area contributed by atoms with Crippen LogP contribution in [0.4, 0.5) is 5.69 Å². The maximum absolute atomic E-state index is 6.22. The number of nitrogens with two attached hydrogens (primary N) is 1. The maximum atomic E-state index is 6.22. The first-order valence-electron chi connectivity index (χ1n) is 7.50. The third-order valence-electron chi connectivity index (χ3n) is 4.04. The lowest BCUT2D eigenvalue weighted by Crippen LogP contribution is -2.45. The third kappa shape index (κ3) is 3.71. The summed E-state index contributed by atoms with van der Waals surface area (Å²) >= 11 is 0. The fraction of sp³-hybridized carbons (Fsp3) is 0.471. The molecule has 0 amide bonds. The molecule has 0 bridgehead atoms. The number of ether oxygens (including phenoxy) is 1. The van der Waals surface area contributed by atoms with Crippen LogP contribution in [0.15, 0.2) is 29.8 Å². The van der Waals surface area contributed by atoms with E-state index in [9.17, 15) is 0 Å². The Morgan fingerprint density at radius 2 is 2.33 bits per heavy atom. The van der Waals surface area contributed by atoms with Gasteiger partial charge in [0.1, 0.15) is 17.5 Å². The van der Waals surface area contributed by atoms with E-state index in [1.165, 1.54) is 0 Å². The lowest BCUT2D eigenvalue weighted by Gasteiger charge is -2.36. The number of rotatable bonds is 6. The number of hydrogen-bond donors (Lipinski definition) is 1. The van der Waals surface area contributed by atoms with Crippen molar-refractivity contribution in [2.75, 3.05) is 26.2 Å². The first-order chi connectivity index (χ1) is 10.2. The average Bonchev–Trinajstić information content (AvgIpc) is 2.50. The molecule has 1 aliphatic rings. The summed E-state index contributed by atoms with van der Waals surface area (Å²) in [5.74, 6) is 1.27. The molecule has 0 spiro atoms. The largest absolute Gasteiger partial charge is 0.488 e. The second-order valence-corrected chi connectivity index (χ2v) is 5.57. The zero-order valence-corrected chi connectivity index (χ0v) is 12.8. The van der Waals surface area contributed by atoms with Gasteiger partial charge in [-0.1, -0.05) is 31.7 Å². The monoisotopic (exact) mass is 287 g/mol. The number of hydrogen-bond acceptors (Lipinski definition) is 4. The number of nitrogens with zero attached hydrogens (tertiary/aromatic N) is 2. The van der Waals surface area contributed by atoms with Crippen LogP contribution in [-0.2, 0) is 0 Å². The van der Waals surface area contributed by atoms with Crippen LogP contribution in [0.1, 0.15) is 18.9 Å². The molecular formula is C17H25N3O. The van der Waals surface area contributed by atoms with Gasteiger partial charge in [-0.3, -0.25) is 4.99 Å². The van der Waals surface area contributed by atoms with Crippen LogP contribution in [0.3, 0.4) is 0 Å². The summed E-state index contributed by atoms with van der Waals surface area (Å²) in [6.45, 7) is 13.4. The van der Waals surface area contributed by atoms with Crippen LogP contribution in [0.2, 0.25) is 0 Å². The Balaban J connectivity index is 2.09. The molecule has 0 saturated carbocycles. The van der Waals surface area contributed by atoms with Gasteiger partial charge in [-0.25, -0.2) is 0 Å². The predicted molar refractivity (Wildman–Crippen MR) is 89.4 cm³/mol. The summed E-state index contributed by atoms with van der Waals surface area (Å²) in [7, 11) is 0. The molecule has 1 heterocycles. The van der Waals surface area contributed by atoms with Crippen LogP contribution in [-0.4, -0.2) is 43.9 Å². The van der Waals surface area contributed by atoms with E-state index >= 15 is 0 Å². The van der Waals surface area contributed by atoms with Crippen molar-refractivity contribution in [2.24, 2.45) is 16.6 Å². The van der Waals surface area contributed by atoms with Crippen molar-refractivity contribution in [3.05, 3.63) is 30.3 Å². The zero-order chi connectivity index (χ0) is 15.2. The summed E-state index contributed by atoms with van der Waals surface area (Å²) < 4.78 is 6.22. The van der Waals surface area contributed by atoms with E-state index in [2.05, 4.69) is 30.1 Å². The van der Waals surface area contributed by atoms with Gasteiger partial charge in [0.25, 0.3) is 0 Å². The fourth-order valence-electron chi connectivity index (χ4n) is 2.90. The molecule has 1 aliphatic heterocycles. The minimum atomic E-state index is 0.208. The standard InChI is InChI=1S/C17H25N3O/c1-4-14-6-5-7-16(17(14)19-3)21-15-8-10-20(11-9-18)12-13(15)2/h4-7,13,15H,1,3,8-12,18H2,2H3. The summed E-state index contributed by atoms with van der Waals surface area (Å²) in [6, 6.07) is 5.89. The smallest absolute Gasteiger partial charge is 0.145 e. The molecule has 2 N–H and O–H groups in total. The molecular weight excluding hydrogens is 262 g/mol. The van der Waals surface area contributed by atoms with Gasteiger partial charge in [0.2, 0.25) is 0 Å². The molecule has 0 radical (unpaired) electrons. The van der Waals surface area contributed by atoms with Gasteiger partial charge >= 0.3 is 0 Å². The van der Waals surface area contributed by atoms with E-state index < -0.39 is 0 Å². The van der Waals surface area contributed by atoms with Gasteiger partial charge in [0.15, 0.2) is 0 Å². The normalized spacial score (nSPS) is 22.8. The minimum Gasteiger partial charge on any atom is -0.488 e. The summed E-state index contributed by atoms with van der Waals surface area (Å²) in [6.07, 6.45) is 3.00. The molecule has 1 fully saturated rings. The van der Waals surface area contributed by atoms with Crippen molar-refractivity contribution in [3.63, 3.8) is 0 Å². The first kappa shape index (κ1) is 15.7. The van der Waals surface area contributed by atoms with Crippen molar-refractivity contribution in [1.82, 2.24) is 4.90 Å². The Kier molecular flexibility index (Phi) is 5.53. The quantitative estimate of drug-likeness (QED) is 0.818. The second kappa shape index (κ2) is 7.38. The van der Waals surface area contributed by atoms with Crippen LogP contribution < -0.4 is 10.5 Å². The highest BCUT2D eigenvalue weighted by Gasteiger charge is 2.27. The molecule has 4 nitrogen and oxygen atoms in total. The number of aliphatic imine (C=N–C) groups is 1. The van der Waals surface area contributed by atoms with Gasteiger partial charge in [-0.05, 0) is 19.2 Å². The fourth-order valence-corrected chi connectivity index (χ4v) is 2.90. The van der Waals surface area contributed by atoms with Gasteiger partial charge in [-0.15, -0.1) is 0 Å². The molecule has 114 valence electrons. The number of benzene rings is 1. The van der Waals surface area contributed by atoms with Gasteiger partial charge in [-0.2, -0.15) is 0 Å². The summed E-state index contributed by atoms with van der Waals surface area (Å²) in [5.41, 5.74) is 7.37. The average molecular weight is 287 g/mol. The molecule has 21 heavy (non-hydrogen) atoms. The molecule has 4 heteroatoms. The van der Waals surface area contributed by atoms with Crippen LogP contribution in [0, 0.1) is 5.92 Å². The summed E-state index contributed by atoms with van der Waals surface area (Å²) in [5, 5.41) is 0.